The Morgan fingerprint density at radius 2 is 1.95 bits per heavy atom. The average molecular weight is 580 g/mol. The van der Waals surface area contributed by atoms with Crippen molar-refractivity contribution in [3.63, 3.8) is 0 Å². The largest absolute Gasteiger partial charge is 0.433 e. The molecule has 14 heteroatoms. The Hall–Kier alpha value is -3.54. The van der Waals surface area contributed by atoms with E-state index in [0.717, 1.165) is 25.1 Å². The topological polar surface area (TPSA) is 125 Å². The number of nitriles is 1. The lowest BCUT2D eigenvalue weighted by Gasteiger charge is -2.22. The zero-order valence-electron chi connectivity index (χ0n) is 20.7. The molecule has 0 radical (unpaired) electrons. The summed E-state index contributed by atoms with van der Waals surface area (Å²) in [6.45, 7) is 0.284. The van der Waals surface area contributed by atoms with E-state index in [-0.39, 0.29) is 36.9 Å². The summed E-state index contributed by atoms with van der Waals surface area (Å²) in [6, 6.07) is 10.7. The second-order valence-electron chi connectivity index (χ2n) is 8.87. The molecule has 1 saturated carbocycles. The summed E-state index contributed by atoms with van der Waals surface area (Å²) in [6.07, 6.45) is -1.60. The van der Waals surface area contributed by atoms with Crippen LogP contribution < -0.4 is 9.62 Å². The van der Waals surface area contributed by atoms with Gasteiger partial charge < -0.3 is 9.64 Å². The van der Waals surface area contributed by atoms with E-state index >= 15 is 0 Å². The Morgan fingerprint density at radius 1 is 1.23 bits per heavy atom. The van der Waals surface area contributed by atoms with E-state index in [1.54, 1.807) is 29.2 Å². The minimum Gasteiger partial charge on any atom is -0.385 e. The van der Waals surface area contributed by atoms with Gasteiger partial charge in [0.05, 0.1) is 23.9 Å². The van der Waals surface area contributed by atoms with Crippen LogP contribution in [0.3, 0.4) is 0 Å². The van der Waals surface area contributed by atoms with Gasteiger partial charge in [0.25, 0.3) is 5.91 Å². The lowest BCUT2D eigenvalue weighted by Crippen LogP contribution is -2.33. The summed E-state index contributed by atoms with van der Waals surface area (Å²) in [7, 11) is -2.47. The molecular weight excluding hydrogens is 555 g/mol. The van der Waals surface area contributed by atoms with Gasteiger partial charge in [0.15, 0.2) is 5.13 Å². The molecule has 2 heterocycles. The molecule has 1 aliphatic rings. The predicted molar refractivity (Wildman–Crippen MR) is 138 cm³/mol. The number of anilines is 2. The van der Waals surface area contributed by atoms with Crippen molar-refractivity contribution in [1.29, 1.82) is 5.26 Å². The van der Waals surface area contributed by atoms with Gasteiger partial charge in [0.2, 0.25) is 10.0 Å². The number of hydrogen-bond acceptors (Lipinski definition) is 9. The highest BCUT2D eigenvalue weighted by Crippen LogP contribution is 2.47. The number of benzene rings is 1. The monoisotopic (exact) mass is 579 g/mol. The summed E-state index contributed by atoms with van der Waals surface area (Å²) in [5, 5.41) is 9.52. The van der Waals surface area contributed by atoms with E-state index in [2.05, 4.69) is 14.7 Å². The Kier molecular flexibility index (Phi) is 8.53. The second kappa shape index (κ2) is 11.7. The molecule has 0 unspecified atom stereocenters. The Balaban J connectivity index is 1.68. The molecule has 0 atom stereocenters. The number of ether oxygens (including phenoxy) is 1. The molecule has 1 N–H and O–H groups in total. The average Bonchev–Trinajstić information content (AvgIpc) is 3.65. The number of carbonyl (C=O) groups excluding carboxylic acids is 1. The number of nitrogens with zero attached hydrogens (tertiary/aromatic N) is 4. The van der Waals surface area contributed by atoms with Crippen molar-refractivity contribution in [2.24, 2.45) is 0 Å². The number of pyridine rings is 1. The zero-order chi connectivity index (χ0) is 28.2. The fraction of sp³-hybridized carbons (Fsp3) is 0.360. The van der Waals surface area contributed by atoms with E-state index in [0.29, 0.717) is 26.8 Å². The van der Waals surface area contributed by atoms with E-state index in [1.165, 1.54) is 24.5 Å². The zero-order valence-corrected chi connectivity index (χ0v) is 22.4. The minimum atomic E-state index is -4.58. The molecule has 0 aliphatic heterocycles. The molecule has 4 rings (SSSR count). The molecule has 0 saturated heterocycles. The molecule has 9 nitrogen and oxygen atoms in total. The Morgan fingerprint density at radius 3 is 2.51 bits per heavy atom. The first kappa shape index (κ1) is 28.5. The molecule has 2 aromatic heterocycles. The van der Waals surface area contributed by atoms with Gasteiger partial charge in [0, 0.05) is 30.5 Å². The highest BCUT2D eigenvalue weighted by atomic mass is 32.2. The molecule has 1 amide bonds. The van der Waals surface area contributed by atoms with Crippen LogP contribution in [0.1, 0.15) is 57.4 Å². The Bertz CT molecular complexity index is 1460. The van der Waals surface area contributed by atoms with Crippen LogP contribution in [-0.2, 0) is 27.5 Å². The van der Waals surface area contributed by atoms with Crippen molar-refractivity contribution in [3.05, 3.63) is 70.0 Å². The summed E-state index contributed by atoms with van der Waals surface area (Å²) >= 11 is 1.22. The van der Waals surface area contributed by atoms with Crippen LogP contribution in [0, 0.1) is 11.3 Å². The molecule has 206 valence electrons. The van der Waals surface area contributed by atoms with Crippen molar-refractivity contribution in [3.8, 4) is 6.07 Å². The Labute approximate surface area is 227 Å². The number of hydrogen-bond donors (Lipinski definition) is 1. The molecular formula is C25H24F3N5O4S2. The van der Waals surface area contributed by atoms with Crippen molar-refractivity contribution in [2.75, 3.05) is 24.4 Å². The quantitative estimate of drug-likeness (QED) is 0.323. The van der Waals surface area contributed by atoms with Crippen molar-refractivity contribution in [2.45, 2.75) is 37.9 Å². The normalized spacial score (nSPS) is 13.6. The number of rotatable bonds is 11. The highest BCUT2D eigenvalue weighted by molar-refractivity contribution is 7.90. The van der Waals surface area contributed by atoms with E-state index in [4.69, 9.17) is 10.00 Å². The lowest BCUT2D eigenvalue weighted by molar-refractivity contribution is -0.141. The lowest BCUT2D eigenvalue weighted by atomic mass is 10.2. The van der Waals surface area contributed by atoms with E-state index in [1.807, 2.05) is 6.07 Å². The molecule has 1 aromatic carbocycles. The van der Waals surface area contributed by atoms with Gasteiger partial charge in [0.1, 0.15) is 11.4 Å². The number of halogens is 3. The smallest absolute Gasteiger partial charge is 0.385 e. The standard InChI is InChI=1S/C25H24F3N5O4S2/c1-37-11-2-12-39(35,36)32-23(34)21-22(18-6-7-18)38-24(31-21)33(19-8-3-16(13-29)4-9-19)15-17-5-10-20(30-14-17)25(26,27)28/h3-5,8-10,14,18H,2,6-7,11-12,15H2,1H3,(H,32,34). The highest BCUT2D eigenvalue weighted by Gasteiger charge is 2.35. The van der Waals surface area contributed by atoms with Gasteiger partial charge in [-0.1, -0.05) is 6.07 Å². The van der Waals surface area contributed by atoms with Gasteiger partial charge in [-0.15, -0.1) is 11.3 Å². The number of carbonyl (C=O) groups is 1. The summed E-state index contributed by atoms with van der Waals surface area (Å²) in [5.41, 5.74) is 0.405. The molecule has 0 spiro atoms. The SMILES string of the molecule is COCCCS(=O)(=O)NC(=O)c1nc(N(Cc2ccc(C(F)(F)F)nc2)c2ccc(C#N)cc2)sc1C1CC1. The van der Waals surface area contributed by atoms with Crippen LogP contribution >= 0.6 is 11.3 Å². The molecule has 39 heavy (non-hydrogen) atoms. The van der Waals surface area contributed by atoms with Crippen LogP contribution in [0.4, 0.5) is 24.0 Å². The van der Waals surface area contributed by atoms with Crippen molar-refractivity contribution >= 4 is 38.1 Å². The van der Waals surface area contributed by atoms with Gasteiger partial charge in [-0.3, -0.25) is 9.78 Å². The van der Waals surface area contributed by atoms with Gasteiger partial charge in [-0.25, -0.2) is 18.1 Å². The number of sulfonamides is 1. The van der Waals surface area contributed by atoms with Crippen LogP contribution in [0.2, 0.25) is 0 Å². The summed E-state index contributed by atoms with van der Waals surface area (Å²) in [4.78, 5) is 23.4. The third-order valence-corrected chi connectivity index (χ3v) is 8.37. The van der Waals surface area contributed by atoms with Crippen molar-refractivity contribution in [1.82, 2.24) is 14.7 Å². The second-order valence-corrected chi connectivity index (χ2v) is 11.7. The number of alkyl halides is 3. The summed E-state index contributed by atoms with van der Waals surface area (Å²) < 4.78 is 70.8. The predicted octanol–water partition coefficient (Wildman–Crippen LogP) is 4.74. The van der Waals surface area contributed by atoms with Gasteiger partial charge in [-0.05, 0) is 61.1 Å². The maximum atomic E-state index is 13.0. The van der Waals surface area contributed by atoms with Crippen LogP contribution in [0.5, 0.6) is 0 Å². The fourth-order valence-electron chi connectivity index (χ4n) is 3.71. The first-order valence-corrected chi connectivity index (χ1v) is 14.3. The minimum absolute atomic E-state index is 0.00277. The number of thiazole rings is 1. The van der Waals surface area contributed by atoms with Crippen LogP contribution in [0.25, 0.3) is 0 Å². The molecule has 0 bridgehead atoms. The third kappa shape index (κ3) is 7.31. The molecule has 1 fully saturated rings. The van der Waals surface area contributed by atoms with Crippen molar-refractivity contribution < 1.29 is 31.1 Å². The maximum absolute atomic E-state index is 13.0. The number of nitrogens with one attached hydrogen (secondary N) is 1. The molecule has 3 aromatic rings. The van der Waals surface area contributed by atoms with E-state index in [9.17, 15) is 26.4 Å². The maximum Gasteiger partial charge on any atom is 0.433 e. The number of amides is 1. The molecule has 1 aliphatic carbocycles. The fourth-order valence-corrected chi connectivity index (χ4v) is 5.94. The van der Waals surface area contributed by atoms with Crippen LogP contribution in [-0.4, -0.2) is 43.8 Å². The van der Waals surface area contributed by atoms with Gasteiger partial charge >= 0.3 is 6.18 Å². The first-order chi connectivity index (χ1) is 18.5. The number of aromatic nitrogens is 2. The summed E-state index contributed by atoms with van der Waals surface area (Å²) in [5.74, 6) is -1.07. The van der Waals surface area contributed by atoms with Crippen LogP contribution in [0.15, 0.2) is 42.6 Å². The van der Waals surface area contributed by atoms with Gasteiger partial charge in [-0.2, -0.15) is 18.4 Å². The third-order valence-electron chi connectivity index (χ3n) is 5.81. The first-order valence-electron chi connectivity index (χ1n) is 11.8. The van der Waals surface area contributed by atoms with E-state index < -0.39 is 27.8 Å². The number of methoxy groups -OCH3 is 1.